The molecule has 24 heavy (non-hydrogen) atoms. The van der Waals surface area contributed by atoms with Crippen LogP contribution in [0.15, 0.2) is 35.1 Å². The van der Waals surface area contributed by atoms with Crippen molar-refractivity contribution in [3.63, 3.8) is 0 Å². The number of nitrogens with one attached hydrogen (secondary N) is 1. The van der Waals surface area contributed by atoms with Gasteiger partial charge in [-0.2, -0.15) is 0 Å². The Morgan fingerprint density at radius 2 is 2.29 bits per heavy atom. The first kappa shape index (κ1) is 16.5. The van der Waals surface area contributed by atoms with E-state index >= 15 is 0 Å². The monoisotopic (exact) mass is 329 g/mol. The highest BCUT2D eigenvalue weighted by Gasteiger charge is 2.33. The van der Waals surface area contributed by atoms with Gasteiger partial charge in [0.25, 0.3) is 0 Å². The molecule has 1 heterocycles. The summed E-state index contributed by atoms with van der Waals surface area (Å²) in [5.41, 5.74) is 1.92. The normalized spacial score (nSPS) is 23.7. The molecule has 3 atom stereocenters. The lowest BCUT2D eigenvalue weighted by atomic mass is 9.78. The van der Waals surface area contributed by atoms with Crippen LogP contribution in [0.3, 0.4) is 0 Å². The summed E-state index contributed by atoms with van der Waals surface area (Å²) in [4.78, 5) is 12.0. The van der Waals surface area contributed by atoms with Crippen LogP contribution in [0.2, 0.25) is 0 Å². The van der Waals surface area contributed by atoms with Crippen LogP contribution in [-0.2, 0) is 9.53 Å². The molecule has 1 N–H and O–H groups in total. The number of hydrogen-bond donors (Lipinski definition) is 1. The largest absolute Gasteiger partial charge is 0.466 e. The molecule has 0 aliphatic heterocycles. The van der Waals surface area contributed by atoms with Crippen LogP contribution in [0.4, 0.5) is 5.69 Å². The van der Waals surface area contributed by atoms with Crippen molar-refractivity contribution in [2.75, 3.05) is 11.9 Å². The topological polar surface area (TPSA) is 77.2 Å². The molecular formula is C18H23N3O3. The zero-order valence-corrected chi connectivity index (χ0v) is 14.1. The molecule has 0 bridgehead atoms. The van der Waals surface area contributed by atoms with Gasteiger partial charge in [0.15, 0.2) is 0 Å². The van der Waals surface area contributed by atoms with Crippen molar-refractivity contribution in [3.05, 3.63) is 30.7 Å². The number of esters is 1. The Labute approximate surface area is 141 Å². The number of anilines is 1. The fraction of sp³-hybridized carbons (Fsp3) is 0.500. The second-order valence-electron chi connectivity index (χ2n) is 6.31. The van der Waals surface area contributed by atoms with Crippen LogP contribution in [-0.4, -0.2) is 28.8 Å². The maximum atomic E-state index is 12.0. The summed E-state index contributed by atoms with van der Waals surface area (Å²) in [6.07, 6.45) is 4.10. The first-order valence-corrected chi connectivity index (χ1v) is 8.47. The lowest BCUT2D eigenvalue weighted by molar-refractivity contribution is -0.151. The predicted octanol–water partition coefficient (Wildman–Crippen LogP) is 3.52. The minimum absolute atomic E-state index is 0.0210. The molecule has 1 aromatic carbocycles. The molecule has 3 rings (SSSR count). The Bertz CT molecular complexity index is 672. The third-order valence-corrected chi connectivity index (χ3v) is 4.60. The number of benzene rings is 1. The van der Waals surface area contributed by atoms with Crippen molar-refractivity contribution in [1.82, 2.24) is 10.2 Å². The van der Waals surface area contributed by atoms with E-state index in [0.29, 0.717) is 24.5 Å². The van der Waals surface area contributed by atoms with Crippen molar-refractivity contribution >= 4 is 11.7 Å². The van der Waals surface area contributed by atoms with Crippen molar-refractivity contribution < 1.29 is 13.9 Å². The number of carbonyl (C=O) groups excluding carboxylic acids is 1. The second-order valence-corrected chi connectivity index (χ2v) is 6.31. The lowest BCUT2D eigenvalue weighted by Gasteiger charge is -2.33. The molecule has 128 valence electrons. The SMILES string of the molecule is CCOC(=O)C1CCC(Nc2cccc(-c3nnco3)c2)CC1C. The van der Waals surface area contributed by atoms with E-state index in [1.807, 2.05) is 31.2 Å². The van der Waals surface area contributed by atoms with Crippen molar-refractivity contribution in [3.8, 4) is 11.5 Å². The van der Waals surface area contributed by atoms with Gasteiger partial charge < -0.3 is 14.5 Å². The summed E-state index contributed by atoms with van der Waals surface area (Å²) in [6.45, 7) is 4.43. The van der Waals surface area contributed by atoms with E-state index in [0.717, 1.165) is 30.5 Å². The molecule has 6 heteroatoms. The number of carbonyl (C=O) groups is 1. The third kappa shape index (κ3) is 3.75. The quantitative estimate of drug-likeness (QED) is 0.846. The predicted molar refractivity (Wildman–Crippen MR) is 90.3 cm³/mol. The number of ether oxygens (including phenoxy) is 1. The van der Waals surface area contributed by atoms with Gasteiger partial charge in [-0.3, -0.25) is 4.79 Å². The molecule has 0 radical (unpaired) electrons. The van der Waals surface area contributed by atoms with Gasteiger partial charge in [-0.1, -0.05) is 13.0 Å². The second kappa shape index (κ2) is 7.47. The molecule has 1 aromatic heterocycles. The van der Waals surface area contributed by atoms with Crippen LogP contribution in [0.25, 0.3) is 11.5 Å². The Morgan fingerprint density at radius 1 is 1.42 bits per heavy atom. The van der Waals surface area contributed by atoms with E-state index in [9.17, 15) is 4.79 Å². The fourth-order valence-electron chi connectivity index (χ4n) is 3.40. The van der Waals surface area contributed by atoms with Gasteiger partial charge in [-0.25, -0.2) is 0 Å². The van der Waals surface area contributed by atoms with Crippen LogP contribution in [0.5, 0.6) is 0 Å². The summed E-state index contributed by atoms with van der Waals surface area (Å²) in [7, 11) is 0. The molecule has 0 saturated heterocycles. The molecule has 0 amide bonds. The highest BCUT2D eigenvalue weighted by Crippen LogP contribution is 2.33. The maximum absolute atomic E-state index is 12.0. The summed E-state index contributed by atoms with van der Waals surface area (Å²) in [5, 5.41) is 11.2. The molecule has 1 fully saturated rings. The highest BCUT2D eigenvalue weighted by molar-refractivity contribution is 5.73. The van der Waals surface area contributed by atoms with Gasteiger partial charge in [-0.05, 0) is 50.3 Å². The number of hydrogen-bond acceptors (Lipinski definition) is 6. The van der Waals surface area contributed by atoms with Crippen LogP contribution >= 0.6 is 0 Å². The van der Waals surface area contributed by atoms with E-state index in [2.05, 4.69) is 22.4 Å². The zero-order valence-electron chi connectivity index (χ0n) is 14.1. The fourth-order valence-corrected chi connectivity index (χ4v) is 3.40. The zero-order chi connectivity index (χ0) is 16.9. The maximum Gasteiger partial charge on any atom is 0.309 e. The number of nitrogens with zero attached hydrogens (tertiary/aromatic N) is 2. The van der Waals surface area contributed by atoms with Gasteiger partial charge in [-0.15, -0.1) is 10.2 Å². The van der Waals surface area contributed by atoms with Crippen LogP contribution < -0.4 is 5.32 Å². The average Bonchev–Trinajstić information content (AvgIpc) is 3.10. The Hall–Kier alpha value is -2.37. The highest BCUT2D eigenvalue weighted by atomic mass is 16.5. The molecule has 3 unspecified atom stereocenters. The molecular weight excluding hydrogens is 306 g/mol. The number of rotatable bonds is 5. The summed E-state index contributed by atoms with van der Waals surface area (Å²) < 4.78 is 10.4. The van der Waals surface area contributed by atoms with Gasteiger partial charge in [0.1, 0.15) is 0 Å². The van der Waals surface area contributed by atoms with Crippen LogP contribution in [0, 0.1) is 11.8 Å². The van der Waals surface area contributed by atoms with Gasteiger partial charge >= 0.3 is 5.97 Å². The average molecular weight is 329 g/mol. The lowest BCUT2D eigenvalue weighted by Crippen LogP contribution is -2.35. The molecule has 6 nitrogen and oxygen atoms in total. The smallest absolute Gasteiger partial charge is 0.309 e. The molecule has 1 aliphatic carbocycles. The van der Waals surface area contributed by atoms with E-state index in [1.165, 1.54) is 6.39 Å². The minimum Gasteiger partial charge on any atom is -0.466 e. The molecule has 2 aromatic rings. The third-order valence-electron chi connectivity index (χ3n) is 4.60. The van der Waals surface area contributed by atoms with Gasteiger partial charge in [0.05, 0.1) is 12.5 Å². The van der Waals surface area contributed by atoms with Gasteiger partial charge in [0, 0.05) is 17.3 Å². The standard InChI is InChI=1S/C18H23N3O3/c1-3-23-18(22)16-8-7-15(9-12(16)2)20-14-6-4-5-13(10-14)17-21-19-11-24-17/h4-6,10-12,15-16,20H,3,7-9H2,1-2H3. The van der Waals surface area contributed by atoms with E-state index in [-0.39, 0.29) is 11.9 Å². The Balaban J connectivity index is 1.62. The van der Waals surface area contributed by atoms with E-state index < -0.39 is 0 Å². The van der Waals surface area contributed by atoms with Crippen molar-refractivity contribution in [2.45, 2.75) is 39.2 Å². The van der Waals surface area contributed by atoms with Crippen LogP contribution in [0.1, 0.15) is 33.1 Å². The van der Waals surface area contributed by atoms with Crippen molar-refractivity contribution in [2.24, 2.45) is 11.8 Å². The Morgan fingerprint density at radius 3 is 3.00 bits per heavy atom. The van der Waals surface area contributed by atoms with Gasteiger partial charge in [0.2, 0.25) is 12.3 Å². The molecule has 1 saturated carbocycles. The summed E-state index contributed by atoms with van der Waals surface area (Å²) in [6, 6.07) is 8.30. The Kier molecular flexibility index (Phi) is 5.13. The summed E-state index contributed by atoms with van der Waals surface area (Å²) in [5.74, 6) is 0.794. The minimum atomic E-state index is -0.0539. The first-order valence-electron chi connectivity index (χ1n) is 8.47. The summed E-state index contributed by atoms with van der Waals surface area (Å²) >= 11 is 0. The van der Waals surface area contributed by atoms with E-state index in [4.69, 9.17) is 9.15 Å². The molecule has 0 spiro atoms. The molecule has 1 aliphatic rings. The first-order chi connectivity index (χ1) is 11.7. The van der Waals surface area contributed by atoms with Crippen molar-refractivity contribution in [1.29, 1.82) is 0 Å². The number of aromatic nitrogens is 2. The van der Waals surface area contributed by atoms with E-state index in [1.54, 1.807) is 0 Å².